The highest BCUT2D eigenvalue weighted by molar-refractivity contribution is 7.87. The summed E-state index contributed by atoms with van der Waals surface area (Å²) >= 11 is 0. The van der Waals surface area contributed by atoms with Gasteiger partial charge >= 0.3 is 15.6 Å². The molecule has 8 unspecified atom stereocenters. The lowest BCUT2D eigenvalue weighted by molar-refractivity contribution is -0.182. The van der Waals surface area contributed by atoms with Crippen LogP contribution in [0.1, 0.15) is 98.8 Å². The van der Waals surface area contributed by atoms with Gasteiger partial charge in [-0.3, -0.25) is 0 Å². The minimum atomic E-state index is -5.66. The molecule has 0 spiro atoms. The van der Waals surface area contributed by atoms with Crippen molar-refractivity contribution in [1.82, 2.24) is 0 Å². The number of alkyl halides is 3. The van der Waals surface area contributed by atoms with Crippen LogP contribution in [0.5, 0.6) is 0 Å². The minimum Gasteiger partial charge on any atom is -0.380 e. The fourth-order valence-electron chi connectivity index (χ4n) is 10.4. The van der Waals surface area contributed by atoms with Crippen LogP contribution in [0.4, 0.5) is 13.2 Å². The smallest absolute Gasteiger partial charge is 0.380 e. The van der Waals surface area contributed by atoms with E-state index in [1.165, 1.54) is 44.9 Å². The van der Waals surface area contributed by atoms with Crippen molar-refractivity contribution in [2.75, 3.05) is 0 Å². The molecule has 7 heteroatoms. The third-order valence-electron chi connectivity index (χ3n) is 11.9. The summed E-state index contributed by atoms with van der Waals surface area (Å²) < 4.78 is 67.6. The van der Waals surface area contributed by atoms with Gasteiger partial charge in [0.15, 0.2) is 0 Å². The first-order valence-electron chi connectivity index (χ1n) is 13.3. The van der Waals surface area contributed by atoms with Crippen molar-refractivity contribution in [3.63, 3.8) is 0 Å². The number of allylic oxidation sites excluding steroid dienone is 2. The van der Waals surface area contributed by atoms with E-state index in [1.54, 1.807) is 6.08 Å². The molecule has 5 rings (SSSR count). The largest absolute Gasteiger partial charge is 0.534 e. The lowest BCUT2D eigenvalue weighted by Gasteiger charge is -2.68. The van der Waals surface area contributed by atoms with E-state index in [9.17, 15) is 21.6 Å². The highest BCUT2D eigenvalue weighted by atomic mass is 32.2. The third-order valence-corrected chi connectivity index (χ3v) is 12.9. The molecule has 4 saturated carbocycles. The second-order valence-electron chi connectivity index (χ2n) is 13.7. The second kappa shape index (κ2) is 7.41. The fourth-order valence-corrected chi connectivity index (χ4v) is 11.1. The first-order valence-corrected chi connectivity index (χ1v) is 14.7. The van der Waals surface area contributed by atoms with E-state index in [4.69, 9.17) is 4.18 Å². The maximum Gasteiger partial charge on any atom is 0.534 e. The molecule has 0 saturated heterocycles. The summed E-state index contributed by atoms with van der Waals surface area (Å²) in [5.41, 5.74) is -5.47. The van der Waals surface area contributed by atoms with E-state index < -0.39 is 21.0 Å². The number of rotatable bonds is 2. The van der Waals surface area contributed by atoms with Gasteiger partial charge in [0.2, 0.25) is 0 Å². The van der Waals surface area contributed by atoms with E-state index >= 15 is 0 Å². The van der Waals surface area contributed by atoms with Crippen LogP contribution in [0.3, 0.4) is 0 Å². The molecule has 194 valence electrons. The topological polar surface area (TPSA) is 43.4 Å². The van der Waals surface area contributed by atoms with Crippen molar-refractivity contribution >= 4 is 10.1 Å². The molecule has 4 fully saturated rings. The number of hydrogen-bond donors (Lipinski definition) is 0. The van der Waals surface area contributed by atoms with Crippen LogP contribution in [0.25, 0.3) is 0 Å². The highest BCUT2D eigenvalue weighted by Gasteiger charge is 2.65. The molecule has 0 N–H and O–H groups in total. The minimum absolute atomic E-state index is 0.0241. The Bertz CT molecular complexity index is 986. The number of fused-ring (bicyclic) bond motifs is 7. The first kappa shape index (κ1) is 25.0. The predicted molar refractivity (Wildman–Crippen MR) is 126 cm³/mol. The van der Waals surface area contributed by atoms with Gasteiger partial charge in [0.05, 0.1) is 0 Å². The molecule has 0 aliphatic heterocycles. The molecule has 0 aromatic carbocycles. The Hall–Kier alpha value is -0.720. The fraction of sp³-hybridized carbons (Fsp3) is 0.926. The Morgan fingerprint density at radius 3 is 2.24 bits per heavy atom. The average Bonchev–Trinajstić information content (AvgIpc) is 3.11. The molecule has 5 aliphatic carbocycles. The molecule has 3 nitrogen and oxygen atoms in total. The van der Waals surface area contributed by atoms with Crippen molar-refractivity contribution in [1.29, 1.82) is 0 Å². The molecule has 0 heterocycles. The average molecular weight is 503 g/mol. The zero-order chi connectivity index (χ0) is 24.9. The number of halogens is 3. The molecular formula is C27H41F3O3S. The molecule has 0 bridgehead atoms. The summed E-state index contributed by atoms with van der Waals surface area (Å²) in [6.07, 6.45) is 13.5. The van der Waals surface area contributed by atoms with Crippen LogP contribution in [0.15, 0.2) is 11.8 Å². The summed E-state index contributed by atoms with van der Waals surface area (Å²) in [6, 6.07) is 0. The molecule has 5 aliphatic rings. The standard InChI is InChI=1S/C27H41F3O3S/c1-23(2)20-11-15-25(4)19-10-14-24(3)13-6-7-18(24)17(19)8-9-21(25)26(20,5)16-12-22(23)33-34(31,32)27(28,29)30/h12,17-21H,6-11,13-16H2,1-5H3. The van der Waals surface area contributed by atoms with Crippen LogP contribution in [0, 0.1) is 51.2 Å². The third kappa shape index (κ3) is 3.30. The molecule has 0 amide bonds. The summed E-state index contributed by atoms with van der Waals surface area (Å²) in [5, 5.41) is 0. The van der Waals surface area contributed by atoms with Crippen LogP contribution >= 0.6 is 0 Å². The summed E-state index contributed by atoms with van der Waals surface area (Å²) in [7, 11) is -5.66. The quantitative estimate of drug-likeness (QED) is 0.285. The zero-order valence-corrected chi connectivity index (χ0v) is 22.1. The molecule has 8 atom stereocenters. The SMILES string of the molecule is CC12CCCC1C1CCC3C(C)(CCC4C(C)(C)C(OS(=O)(=O)C(F)(F)F)=CCC43C)C1CC2. The van der Waals surface area contributed by atoms with Gasteiger partial charge in [0.1, 0.15) is 5.76 Å². The summed E-state index contributed by atoms with van der Waals surface area (Å²) in [5.74, 6) is 2.97. The zero-order valence-electron chi connectivity index (χ0n) is 21.3. The van der Waals surface area contributed by atoms with E-state index in [-0.39, 0.29) is 22.5 Å². The van der Waals surface area contributed by atoms with E-state index in [1.807, 2.05) is 13.8 Å². The Kier molecular flexibility index (Phi) is 5.44. The summed E-state index contributed by atoms with van der Waals surface area (Å²) in [4.78, 5) is 0. The van der Waals surface area contributed by atoms with E-state index in [0.29, 0.717) is 17.8 Å². The van der Waals surface area contributed by atoms with Gasteiger partial charge in [-0.25, -0.2) is 0 Å². The molecule has 34 heavy (non-hydrogen) atoms. The predicted octanol–water partition coefficient (Wildman–Crippen LogP) is 7.83. The Labute approximate surface area is 203 Å². The van der Waals surface area contributed by atoms with Crippen molar-refractivity contribution < 1.29 is 25.8 Å². The lowest BCUT2D eigenvalue weighted by atomic mass is 9.37. The molecule has 0 aromatic rings. The Balaban J connectivity index is 1.46. The van der Waals surface area contributed by atoms with Gasteiger partial charge in [-0.2, -0.15) is 21.6 Å². The van der Waals surface area contributed by atoms with Gasteiger partial charge in [0.25, 0.3) is 0 Å². The molecular weight excluding hydrogens is 461 g/mol. The van der Waals surface area contributed by atoms with Gasteiger partial charge in [-0.1, -0.05) is 41.0 Å². The maximum atomic E-state index is 13.1. The normalized spacial score (nSPS) is 48.1. The summed E-state index contributed by atoms with van der Waals surface area (Å²) in [6.45, 7) is 11.1. The Morgan fingerprint density at radius 2 is 1.56 bits per heavy atom. The molecule has 0 aromatic heterocycles. The van der Waals surface area contributed by atoms with Crippen molar-refractivity contribution in [2.45, 2.75) is 104 Å². The van der Waals surface area contributed by atoms with Gasteiger partial charge in [0, 0.05) is 5.41 Å². The molecule has 0 radical (unpaired) electrons. The van der Waals surface area contributed by atoms with Crippen LogP contribution in [-0.4, -0.2) is 13.9 Å². The first-order chi connectivity index (χ1) is 15.6. The monoisotopic (exact) mass is 502 g/mol. The maximum absolute atomic E-state index is 13.1. The number of hydrogen-bond acceptors (Lipinski definition) is 3. The van der Waals surface area contributed by atoms with Crippen molar-refractivity contribution in [2.24, 2.45) is 51.2 Å². The van der Waals surface area contributed by atoms with Gasteiger partial charge in [-0.05, 0) is 110 Å². The van der Waals surface area contributed by atoms with E-state index in [2.05, 4.69) is 20.8 Å². The Morgan fingerprint density at radius 1 is 0.853 bits per heavy atom. The van der Waals surface area contributed by atoms with Gasteiger partial charge < -0.3 is 4.18 Å². The lowest BCUT2D eigenvalue weighted by Crippen LogP contribution is -2.61. The van der Waals surface area contributed by atoms with Crippen LogP contribution < -0.4 is 0 Å². The van der Waals surface area contributed by atoms with E-state index in [0.717, 1.165) is 30.6 Å². The van der Waals surface area contributed by atoms with Crippen molar-refractivity contribution in [3.8, 4) is 0 Å². The highest BCUT2D eigenvalue weighted by Crippen LogP contribution is 2.72. The van der Waals surface area contributed by atoms with Crippen LogP contribution in [0.2, 0.25) is 0 Å². The van der Waals surface area contributed by atoms with Crippen LogP contribution in [-0.2, 0) is 14.3 Å². The second-order valence-corrected chi connectivity index (χ2v) is 15.2. The van der Waals surface area contributed by atoms with Crippen molar-refractivity contribution in [3.05, 3.63) is 11.8 Å². The van der Waals surface area contributed by atoms with Gasteiger partial charge in [-0.15, -0.1) is 0 Å².